The van der Waals surface area contributed by atoms with E-state index in [0.717, 1.165) is 5.69 Å². The molecule has 0 aromatic carbocycles. The molecule has 0 saturated heterocycles. The smallest absolute Gasteiger partial charge is 0.258 e. The van der Waals surface area contributed by atoms with Crippen molar-refractivity contribution in [2.24, 2.45) is 5.41 Å². The molecular formula is C16H23N3O. The summed E-state index contributed by atoms with van der Waals surface area (Å²) in [5.41, 5.74) is 1.69. The fourth-order valence-electron chi connectivity index (χ4n) is 2.24. The molecule has 4 heteroatoms. The van der Waals surface area contributed by atoms with Crippen LogP contribution in [0.15, 0.2) is 35.3 Å². The van der Waals surface area contributed by atoms with Crippen molar-refractivity contribution in [2.45, 2.75) is 40.3 Å². The van der Waals surface area contributed by atoms with Gasteiger partial charge < -0.3 is 0 Å². The predicted octanol–water partition coefficient (Wildman–Crippen LogP) is 2.56. The summed E-state index contributed by atoms with van der Waals surface area (Å²) in [5, 5.41) is 0. The molecule has 0 aliphatic carbocycles. The molecule has 20 heavy (non-hydrogen) atoms. The average molecular weight is 273 g/mol. The Morgan fingerprint density at radius 1 is 1.35 bits per heavy atom. The van der Waals surface area contributed by atoms with Crippen LogP contribution in [0.25, 0.3) is 5.65 Å². The molecule has 4 nitrogen and oxygen atoms in total. The number of hydrogen-bond acceptors (Lipinski definition) is 3. The van der Waals surface area contributed by atoms with Gasteiger partial charge in [0.25, 0.3) is 5.56 Å². The highest BCUT2D eigenvalue weighted by Crippen LogP contribution is 2.23. The second-order valence-electron chi connectivity index (χ2n) is 6.47. The first-order valence-electron chi connectivity index (χ1n) is 6.96. The maximum absolute atomic E-state index is 12.1. The van der Waals surface area contributed by atoms with Crippen molar-refractivity contribution in [2.75, 3.05) is 7.05 Å². The van der Waals surface area contributed by atoms with E-state index in [-0.39, 0.29) is 11.0 Å². The Labute approximate surface area is 120 Å². The number of nitrogens with zero attached hydrogens (tertiary/aromatic N) is 3. The van der Waals surface area contributed by atoms with E-state index in [1.165, 1.54) is 0 Å². The minimum atomic E-state index is -0.0255. The minimum absolute atomic E-state index is 0.0255. The lowest BCUT2D eigenvalue weighted by atomic mass is 9.87. The number of pyridine rings is 1. The zero-order chi connectivity index (χ0) is 14.9. The van der Waals surface area contributed by atoms with E-state index in [1.807, 2.05) is 18.2 Å². The van der Waals surface area contributed by atoms with Gasteiger partial charge in [0.2, 0.25) is 0 Å². The predicted molar refractivity (Wildman–Crippen MR) is 81.8 cm³/mol. The lowest BCUT2D eigenvalue weighted by Gasteiger charge is -2.35. The van der Waals surface area contributed by atoms with Crippen LogP contribution in [0, 0.1) is 5.41 Å². The first kappa shape index (κ1) is 14.7. The van der Waals surface area contributed by atoms with Crippen molar-refractivity contribution in [3.05, 3.63) is 46.5 Å². The largest absolute Gasteiger partial charge is 0.297 e. The normalized spacial score (nSPS) is 13.9. The molecule has 0 spiro atoms. The molecule has 1 atom stereocenters. The molecule has 0 radical (unpaired) electrons. The Hall–Kier alpha value is -1.68. The van der Waals surface area contributed by atoms with Crippen LogP contribution in [-0.2, 0) is 6.54 Å². The van der Waals surface area contributed by atoms with E-state index < -0.39 is 0 Å². The van der Waals surface area contributed by atoms with E-state index in [0.29, 0.717) is 18.2 Å². The first-order valence-corrected chi connectivity index (χ1v) is 6.96. The second-order valence-corrected chi connectivity index (χ2v) is 6.47. The van der Waals surface area contributed by atoms with Crippen molar-refractivity contribution in [1.82, 2.24) is 14.3 Å². The van der Waals surface area contributed by atoms with Crippen LogP contribution in [0.4, 0.5) is 0 Å². The van der Waals surface area contributed by atoms with Gasteiger partial charge in [-0.15, -0.1) is 0 Å². The molecule has 0 N–H and O–H groups in total. The molecule has 0 unspecified atom stereocenters. The summed E-state index contributed by atoms with van der Waals surface area (Å²) in [7, 11) is 2.07. The molecule has 0 aliphatic heterocycles. The lowest BCUT2D eigenvalue weighted by Crippen LogP contribution is -2.39. The van der Waals surface area contributed by atoms with E-state index in [4.69, 9.17) is 0 Å². The van der Waals surface area contributed by atoms with Crippen LogP contribution in [0.5, 0.6) is 0 Å². The summed E-state index contributed by atoms with van der Waals surface area (Å²) in [5.74, 6) is 0. The highest BCUT2D eigenvalue weighted by Gasteiger charge is 2.24. The van der Waals surface area contributed by atoms with E-state index in [2.05, 4.69) is 44.6 Å². The molecule has 2 aromatic rings. The van der Waals surface area contributed by atoms with Gasteiger partial charge in [-0.2, -0.15) is 0 Å². The van der Waals surface area contributed by atoms with Gasteiger partial charge in [-0.3, -0.25) is 14.1 Å². The molecule has 0 amide bonds. The van der Waals surface area contributed by atoms with Crippen molar-refractivity contribution >= 4 is 5.65 Å². The van der Waals surface area contributed by atoms with Crippen LogP contribution in [0.1, 0.15) is 33.4 Å². The van der Waals surface area contributed by atoms with Gasteiger partial charge in [-0.25, -0.2) is 4.98 Å². The first-order chi connectivity index (χ1) is 9.29. The quantitative estimate of drug-likeness (QED) is 0.862. The number of hydrogen-bond donors (Lipinski definition) is 0. The lowest BCUT2D eigenvalue weighted by molar-refractivity contribution is 0.133. The van der Waals surface area contributed by atoms with Crippen LogP contribution < -0.4 is 5.56 Å². The van der Waals surface area contributed by atoms with Gasteiger partial charge >= 0.3 is 0 Å². The topological polar surface area (TPSA) is 37.6 Å². The van der Waals surface area contributed by atoms with E-state index in [9.17, 15) is 4.79 Å². The van der Waals surface area contributed by atoms with Crippen LogP contribution in [0.2, 0.25) is 0 Å². The van der Waals surface area contributed by atoms with Gasteiger partial charge in [0.05, 0.1) is 5.69 Å². The van der Waals surface area contributed by atoms with Gasteiger partial charge in [-0.05, 0) is 31.5 Å². The maximum Gasteiger partial charge on any atom is 0.258 e. The number of rotatable bonds is 3. The van der Waals surface area contributed by atoms with Crippen molar-refractivity contribution < 1.29 is 0 Å². The third-order valence-corrected chi connectivity index (χ3v) is 3.95. The Kier molecular flexibility index (Phi) is 3.95. The van der Waals surface area contributed by atoms with Gasteiger partial charge in [0, 0.05) is 24.8 Å². The zero-order valence-corrected chi connectivity index (χ0v) is 12.9. The Morgan fingerprint density at radius 3 is 2.70 bits per heavy atom. The summed E-state index contributed by atoms with van der Waals surface area (Å²) in [6.45, 7) is 9.54. The van der Waals surface area contributed by atoms with Crippen molar-refractivity contribution in [3.63, 3.8) is 0 Å². The fourth-order valence-corrected chi connectivity index (χ4v) is 2.24. The van der Waals surface area contributed by atoms with Crippen molar-refractivity contribution in [1.29, 1.82) is 0 Å². The van der Waals surface area contributed by atoms with Gasteiger partial charge in [-0.1, -0.05) is 26.8 Å². The molecule has 0 fully saturated rings. The van der Waals surface area contributed by atoms with Crippen LogP contribution in [0.3, 0.4) is 0 Å². The van der Waals surface area contributed by atoms with E-state index in [1.54, 1.807) is 16.7 Å². The molecule has 2 heterocycles. The summed E-state index contributed by atoms with van der Waals surface area (Å²) >= 11 is 0. The number of aromatic nitrogens is 2. The summed E-state index contributed by atoms with van der Waals surface area (Å²) in [6.07, 6.45) is 1.75. The van der Waals surface area contributed by atoms with E-state index >= 15 is 0 Å². The molecule has 0 saturated carbocycles. The maximum atomic E-state index is 12.1. The van der Waals surface area contributed by atoms with Gasteiger partial charge in [0.1, 0.15) is 5.65 Å². The second kappa shape index (κ2) is 5.37. The Morgan fingerprint density at radius 2 is 2.05 bits per heavy atom. The Bertz CT molecular complexity index is 655. The summed E-state index contributed by atoms with van der Waals surface area (Å²) in [4.78, 5) is 18.9. The highest BCUT2D eigenvalue weighted by molar-refractivity contribution is 5.37. The molecule has 0 bridgehead atoms. The molecule has 2 rings (SSSR count). The third-order valence-electron chi connectivity index (χ3n) is 3.95. The average Bonchev–Trinajstić information content (AvgIpc) is 2.36. The third kappa shape index (κ3) is 3.07. The molecule has 0 aliphatic rings. The van der Waals surface area contributed by atoms with Gasteiger partial charge in [0.15, 0.2) is 0 Å². The minimum Gasteiger partial charge on any atom is -0.297 e. The highest BCUT2D eigenvalue weighted by atomic mass is 16.1. The van der Waals surface area contributed by atoms with Crippen molar-refractivity contribution in [3.8, 4) is 0 Å². The molecular weight excluding hydrogens is 250 g/mol. The summed E-state index contributed by atoms with van der Waals surface area (Å²) in [6, 6.07) is 7.62. The Balaban J connectivity index is 2.29. The summed E-state index contributed by atoms with van der Waals surface area (Å²) < 4.78 is 1.57. The zero-order valence-electron chi connectivity index (χ0n) is 12.9. The fraction of sp³-hybridized carbons (Fsp3) is 0.500. The number of fused-ring (bicyclic) bond motifs is 1. The standard InChI is InChI=1S/C16H23N3O/c1-12(16(2,3)4)18(5)11-13-10-15(20)19-9-7-6-8-14(19)17-13/h6-10,12H,11H2,1-5H3/t12-/m1/s1. The molecule has 2 aromatic heterocycles. The van der Waals surface area contributed by atoms with Crippen LogP contribution >= 0.6 is 0 Å². The SMILES string of the molecule is C[C@@H](N(C)Cc1cc(=O)n2ccccc2n1)C(C)(C)C. The van der Waals surface area contributed by atoms with Crippen LogP contribution in [-0.4, -0.2) is 27.4 Å². The molecule has 108 valence electrons. The monoisotopic (exact) mass is 273 g/mol.